The normalized spacial score (nSPS) is 14.0. The Balaban J connectivity index is 1.84. The van der Waals surface area contributed by atoms with Crippen molar-refractivity contribution >= 4 is 11.4 Å². The molecule has 0 saturated carbocycles. The van der Waals surface area contributed by atoms with Crippen molar-refractivity contribution in [2.75, 3.05) is 4.90 Å². The Morgan fingerprint density at radius 2 is 1.18 bits per heavy atom. The molecule has 0 spiro atoms. The topological polar surface area (TPSA) is 3.24 Å². The maximum absolute atomic E-state index is 15.8. The van der Waals surface area contributed by atoms with Crippen LogP contribution in [0.4, 0.5) is 20.2 Å². The van der Waals surface area contributed by atoms with Crippen LogP contribution in [0.2, 0.25) is 0 Å². The van der Waals surface area contributed by atoms with E-state index in [-0.39, 0.29) is 17.0 Å². The summed E-state index contributed by atoms with van der Waals surface area (Å²) in [6.45, 7) is 10.4. The van der Waals surface area contributed by atoms with E-state index in [1.807, 2.05) is 39.0 Å². The van der Waals surface area contributed by atoms with Crippen molar-refractivity contribution in [2.45, 2.75) is 45.6 Å². The number of hydrogen-bond acceptors (Lipinski definition) is 1. The number of rotatable bonds is 3. The molecule has 0 radical (unpaired) electrons. The largest absolute Gasteiger partial charge is 0.331 e. The fourth-order valence-corrected chi connectivity index (χ4v) is 5.39. The van der Waals surface area contributed by atoms with Crippen molar-refractivity contribution < 1.29 is 8.78 Å². The van der Waals surface area contributed by atoms with E-state index >= 15 is 8.78 Å². The van der Waals surface area contributed by atoms with E-state index in [0.29, 0.717) is 11.4 Å². The Kier molecular flexibility index (Phi) is 5.12. The second-order valence-electron chi connectivity index (χ2n) is 10.5. The Bertz CT molecular complexity index is 1390. The van der Waals surface area contributed by atoms with Crippen molar-refractivity contribution in [3.05, 3.63) is 108 Å². The van der Waals surface area contributed by atoms with E-state index in [0.717, 1.165) is 16.7 Å². The average Bonchev–Trinajstić information content (AvgIpc) is 3.03. The van der Waals surface area contributed by atoms with Crippen molar-refractivity contribution in [2.24, 2.45) is 0 Å². The van der Waals surface area contributed by atoms with E-state index in [9.17, 15) is 0 Å². The zero-order valence-electron chi connectivity index (χ0n) is 20.3. The van der Waals surface area contributed by atoms with E-state index in [2.05, 4.69) is 44.2 Å². The van der Waals surface area contributed by atoms with Crippen LogP contribution in [0.15, 0.2) is 84.9 Å². The first-order chi connectivity index (χ1) is 16.1. The zero-order chi connectivity index (χ0) is 24.3. The maximum Gasteiger partial charge on any atom is 0.147 e. The summed E-state index contributed by atoms with van der Waals surface area (Å²) in [5.74, 6) is -0.754. The van der Waals surface area contributed by atoms with Gasteiger partial charge in [0.25, 0.3) is 0 Å². The Hall–Kier alpha value is -3.46. The Labute approximate surface area is 200 Å². The highest BCUT2D eigenvalue weighted by atomic mass is 19.1. The molecule has 4 aromatic rings. The van der Waals surface area contributed by atoms with Gasteiger partial charge in [0.15, 0.2) is 0 Å². The summed E-state index contributed by atoms with van der Waals surface area (Å²) in [6, 6.07) is 26.4. The SMILES string of the molecule is CC1(C)c2ccccc2-c2c(-c3cccc(F)c3N(c3ccccc3F)C(C)(C)C)cccc21. The number of anilines is 2. The molecule has 0 aliphatic heterocycles. The molecule has 172 valence electrons. The number of para-hydroxylation sites is 2. The van der Waals surface area contributed by atoms with Crippen LogP contribution >= 0.6 is 0 Å². The third-order valence-corrected chi connectivity index (χ3v) is 6.87. The Morgan fingerprint density at radius 3 is 1.91 bits per heavy atom. The Morgan fingerprint density at radius 1 is 0.618 bits per heavy atom. The highest BCUT2D eigenvalue weighted by Gasteiger charge is 2.38. The van der Waals surface area contributed by atoms with Crippen molar-refractivity contribution in [1.82, 2.24) is 0 Å². The summed E-state index contributed by atoms with van der Waals surface area (Å²) < 4.78 is 30.8. The molecule has 3 heteroatoms. The van der Waals surface area contributed by atoms with Gasteiger partial charge in [0.1, 0.15) is 11.6 Å². The number of fused-ring (bicyclic) bond motifs is 3. The number of halogens is 2. The van der Waals surface area contributed by atoms with Crippen molar-refractivity contribution in [3.8, 4) is 22.3 Å². The quantitative estimate of drug-likeness (QED) is 0.299. The molecule has 0 aromatic heterocycles. The summed E-state index contributed by atoms with van der Waals surface area (Å²) >= 11 is 0. The van der Waals surface area contributed by atoms with Crippen molar-refractivity contribution in [1.29, 1.82) is 0 Å². The summed E-state index contributed by atoms with van der Waals surface area (Å²) in [5.41, 5.74) is 6.48. The molecule has 0 heterocycles. The van der Waals surface area contributed by atoms with Gasteiger partial charge in [-0.05, 0) is 66.8 Å². The van der Waals surface area contributed by atoms with Gasteiger partial charge in [0.2, 0.25) is 0 Å². The molecular weight excluding hydrogens is 424 g/mol. The lowest BCUT2D eigenvalue weighted by molar-refractivity contribution is 0.527. The summed E-state index contributed by atoms with van der Waals surface area (Å²) in [7, 11) is 0. The maximum atomic E-state index is 15.8. The first-order valence-electron chi connectivity index (χ1n) is 11.7. The summed E-state index contributed by atoms with van der Waals surface area (Å²) in [6.07, 6.45) is 0. The minimum atomic E-state index is -0.575. The first kappa shape index (κ1) is 22.3. The van der Waals surface area contributed by atoms with Crippen LogP contribution in [0.1, 0.15) is 45.7 Å². The molecule has 1 nitrogen and oxygen atoms in total. The third kappa shape index (κ3) is 3.34. The van der Waals surface area contributed by atoms with Gasteiger partial charge >= 0.3 is 0 Å². The van der Waals surface area contributed by atoms with Crippen LogP contribution in [0.3, 0.4) is 0 Å². The molecule has 0 saturated heterocycles. The summed E-state index contributed by atoms with van der Waals surface area (Å²) in [4.78, 5) is 1.79. The van der Waals surface area contributed by atoms with Gasteiger partial charge in [-0.15, -0.1) is 0 Å². The van der Waals surface area contributed by atoms with Crippen LogP contribution in [-0.4, -0.2) is 5.54 Å². The van der Waals surface area contributed by atoms with E-state index in [1.54, 1.807) is 29.2 Å². The van der Waals surface area contributed by atoms with Crippen LogP contribution in [0, 0.1) is 11.6 Å². The van der Waals surface area contributed by atoms with Crippen LogP contribution in [0.25, 0.3) is 22.3 Å². The van der Waals surface area contributed by atoms with Gasteiger partial charge in [-0.1, -0.05) is 80.6 Å². The van der Waals surface area contributed by atoms with Crippen LogP contribution in [-0.2, 0) is 5.41 Å². The van der Waals surface area contributed by atoms with Gasteiger partial charge in [0, 0.05) is 16.5 Å². The fourth-order valence-electron chi connectivity index (χ4n) is 5.39. The fraction of sp³-hybridized carbons (Fsp3) is 0.226. The van der Waals surface area contributed by atoms with Crippen molar-refractivity contribution in [3.63, 3.8) is 0 Å². The average molecular weight is 454 g/mol. The standard InChI is InChI=1S/C31H29F2N/c1-30(2,3)34(27-19-9-8-17-25(27)32)29-21(14-11-18-26(29)33)20-13-10-16-24-28(20)22-12-6-7-15-23(22)31(24,4)5/h6-19H,1-5H3. The van der Waals surface area contributed by atoms with E-state index in [4.69, 9.17) is 0 Å². The molecule has 0 bridgehead atoms. The van der Waals surface area contributed by atoms with Gasteiger partial charge in [-0.25, -0.2) is 8.78 Å². The van der Waals surface area contributed by atoms with Gasteiger partial charge in [-0.3, -0.25) is 0 Å². The second kappa shape index (κ2) is 7.80. The summed E-state index contributed by atoms with van der Waals surface area (Å²) in [5, 5.41) is 0. The lowest BCUT2D eigenvalue weighted by atomic mass is 9.82. The lowest BCUT2D eigenvalue weighted by Gasteiger charge is -2.39. The van der Waals surface area contributed by atoms with Gasteiger partial charge in [0.05, 0.1) is 11.4 Å². The van der Waals surface area contributed by atoms with Crippen LogP contribution < -0.4 is 4.90 Å². The molecule has 0 N–H and O–H groups in total. The number of hydrogen-bond donors (Lipinski definition) is 0. The highest BCUT2D eigenvalue weighted by Crippen LogP contribution is 2.53. The van der Waals surface area contributed by atoms with E-state index < -0.39 is 5.54 Å². The molecule has 0 fully saturated rings. The molecule has 1 aliphatic carbocycles. The molecule has 4 aromatic carbocycles. The first-order valence-corrected chi connectivity index (χ1v) is 11.7. The van der Waals surface area contributed by atoms with Crippen LogP contribution in [0.5, 0.6) is 0 Å². The number of benzene rings is 4. The molecule has 1 aliphatic rings. The predicted molar refractivity (Wildman–Crippen MR) is 138 cm³/mol. The zero-order valence-corrected chi connectivity index (χ0v) is 20.3. The molecule has 5 rings (SSSR count). The molecule has 0 atom stereocenters. The number of nitrogens with zero attached hydrogens (tertiary/aromatic N) is 1. The third-order valence-electron chi connectivity index (χ3n) is 6.87. The minimum Gasteiger partial charge on any atom is -0.331 e. The molecule has 0 amide bonds. The molecule has 0 unspecified atom stereocenters. The van der Waals surface area contributed by atoms with Gasteiger partial charge in [-0.2, -0.15) is 0 Å². The van der Waals surface area contributed by atoms with Gasteiger partial charge < -0.3 is 4.90 Å². The smallest absolute Gasteiger partial charge is 0.147 e. The monoisotopic (exact) mass is 453 g/mol. The highest BCUT2D eigenvalue weighted by molar-refractivity contribution is 5.97. The minimum absolute atomic E-state index is 0.162. The second-order valence-corrected chi connectivity index (χ2v) is 10.5. The molecular formula is C31H29F2N. The predicted octanol–water partition coefficient (Wildman–Crippen LogP) is 8.87. The lowest BCUT2D eigenvalue weighted by Crippen LogP contribution is -2.39. The molecule has 34 heavy (non-hydrogen) atoms. The van der Waals surface area contributed by atoms with E-state index in [1.165, 1.54) is 28.8 Å².